The van der Waals surface area contributed by atoms with Crippen molar-refractivity contribution in [2.45, 2.75) is 32.9 Å². The first-order chi connectivity index (χ1) is 9.74. The monoisotopic (exact) mass is 269 g/mol. The summed E-state index contributed by atoms with van der Waals surface area (Å²) in [5.41, 5.74) is 9.42. The summed E-state index contributed by atoms with van der Waals surface area (Å²) < 4.78 is 0. The van der Waals surface area contributed by atoms with Crippen LogP contribution < -0.4 is 10.6 Å². The van der Waals surface area contributed by atoms with E-state index in [0.717, 1.165) is 30.9 Å². The molecule has 2 N–H and O–H groups in total. The highest BCUT2D eigenvalue weighted by molar-refractivity contribution is 5.45. The van der Waals surface area contributed by atoms with E-state index in [0.29, 0.717) is 0 Å². The average Bonchev–Trinajstić information content (AvgIpc) is 2.53. The Bertz CT molecular complexity index is 508. The van der Waals surface area contributed by atoms with E-state index in [1.807, 2.05) is 18.3 Å². The summed E-state index contributed by atoms with van der Waals surface area (Å²) in [4.78, 5) is 6.80. The summed E-state index contributed by atoms with van der Waals surface area (Å²) in [5, 5.41) is 0. The summed E-state index contributed by atoms with van der Waals surface area (Å²) in [5.74, 6) is 0. The van der Waals surface area contributed by atoms with Gasteiger partial charge in [-0.2, -0.15) is 0 Å². The minimum absolute atomic E-state index is 0.0354. The lowest BCUT2D eigenvalue weighted by molar-refractivity contribution is 0.674. The third-order valence-electron chi connectivity index (χ3n) is 3.55. The molecule has 0 aliphatic heterocycles. The van der Waals surface area contributed by atoms with Gasteiger partial charge in [0.1, 0.15) is 0 Å². The van der Waals surface area contributed by atoms with Crippen molar-refractivity contribution in [2.75, 3.05) is 11.4 Å². The molecule has 0 fully saturated rings. The van der Waals surface area contributed by atoms with Crippen LogP contribution in [0.2, 0.25) is 0 Å². The predicted molar refractivity (Wildman–Crippen MR) is 84.6 cm³/mol. The molecule has 0 saturated carbocycles. The number of anilines is 1. The molecule has 20 heavy (non-hydrogen) atoms. The molecule has 1 aromatic carbocycles. The van der Waals surface area contributed by atoms with Gasteiger partial charge in [-0.3, -0.25) is 4.98 Å². The molecular weight excluding hydrogens is 246 g/mol. The maximum atomic E-state index is 6.00. The Kier molecular flexibility index (Phi) is 5.13. The van der Waals surface area contributed by atoms with Crippen molar-refractivity contribution >= 4 is 5.69 Å². The van der Waals surface area contributed by atoms with Crippen LogP contribution in [-0.2, 0) is 6.54 Å². The first-order valence-electron chi connectivity index (χ1n) is 7.25. The minimum Gasteiger partial charge on any atom is -0.366 e. The van der Waals surface area contributed by atoms with E-state index in [-0.39, 0.29) is 6.04 Å². The van der Waals surface area contributed by atoms with Gasteiger partial charge in [-0.25, -0.2) is 0 Å². The van der Waals surface area contributed by atoms with Gasteiger partial charge in [0, 0.05) is 19.1 Å². The fourth-order valence-electron chi connectivity index (χ4n) is 2.20. The van der Waals surface area contributed by atoms with Crippen molar-refractivity contribution in [3.05, 3.63) is 59.9 Å². The molecule has 0 bridgehead atoms. The topological polar surface area (TPSA) is 42.1 Å². The second-order valence-corrected chi connectivity index (χ2v) is 4.96. The number of hydrogen-bond acceptors (Lipinski definition) is 3. The van der Waals surface area contributed by atoms with E-state index in [1.165, 1.54) is 5.56 Å². The first kappa shape index (κ1) is 14.5. The molecule has 106 valence electrons. The zero-order valence-electron chi connectivity index (χ0n) is 12.3. The lowest BCUT2D eigenvalue weighted by atomic mass is 10.1. The molecule has 3 heteroatoms. The molecule has 0 saturated heterocycles. The second kappa shape index (κ2) is 7.06. The molecule has 0 aliphatic rings. The highest BCUT2D eigenvalue weighted by Crippen LogP contribution is 2.19. The molecule has 1 atom stereocenters. The molecule has 0 unspecified atom stereocenters. The van der Waals surface area contributed by atoms with Gasteiger partial charge in [0.2, 0.25) is 0 Å². The van der Waals surface area contributed by atoms with E-state index in [4.69, 9.17) is 5.73 Å². The fraction of sp³-hybridized carbons (Fsp3) is 0.353. The molecule has 0 aliphatic carbocycles. The van der Waals surface area contributed by atoms with E-state index in [2.05, 4.69) is 54.1 Å². The zero-order chi connectivity index (χ0) is 14.4. The van der Waals surface area contributed by atoms with E-state index in [1.54, 1.807) is 0 Å². The molecular formula is C17H23N3. The lowest BCUT2D eigenvalue weighted by Gasteiger charge is -2.23. The van der Waals surface area contributed by atoms with Gasteiger partial charge in [0.05, 0.1) is 17.6 Å². The van der Waals surface area contributed by atoms with E-state index < -0.39 is 0 Å². The Balaban J connectivity index is 2.11. The van der Waals surface area contributed by atoms with Crippen molar-refractivity contribution in [2.24, 2.45) is 5.73 Å². The zero-order valence-corrected chi connectivity index (χ0v) is 12.3. The average molecular weight is 269 g/mol. The van der Waals surface area contributed by atoms with Gasteiger partial charge in [0.25, 0.3) is 0 Å². The SMILES string of the molecule is CC[C@@H](N)c1ccc(N(CC)Cc2ccccc2)cn1. The third-order valence-corrected chi connectivity index (χ3v) is 3.55. The quantitative estimate of drug-likeness (QED) is 0.872. The van der Waals surface area contributed by atoms with Gasteiger partial charge in [-0.15, -0.1) is 0 Å². The summed E-state index contributed by atoms with van der Waals surface area (Å²) in [6, 6.07) is 14.7. The van der Waals surface area contributed by atoms with Crippen LogP contribution in [0.1, 0.15) is 37.6 Å². The van der Waals surface area contributed by atoms with Gasteiger partial charge < -0.3 is 10.6 Å². The maximum Gasteiger partial charge on any atom is 0.0572 e. The summed E-state index contributed by atoms with van der Waals surface area (Å²) in [6.07, 6.45) is 2.84. The smallest absolute Gasteiger partial charge is 0.0572 e. The van der Waals surface area contributed by atoms with Crippen molar-refractivity contribution in [3.63, 3.8) is 0 Å². The van der Waals surface area contributed by atoms with Crippen molar-refractivity contribution in [1.29, 1.82) is 0 Å². The van der Waals surface area contributed by atoms with Gasteiger partial charge >= 0.3 is 0 Å². The number of benzene rings is 1. The Morgan fingerprint density at radius 3 is 2.40 bits per heavy atom. The van der Waals surface area contributed by atoms with Crippen LogP contribution in [0.25, 0.3) is 0 Å². The summed E-state index contributed by atoms with van der Waals surface area (Å²) in [7, 11) is 0. The standard InChI is InChI=1S/C17H23N3/c1-3-16(18)17-11-10-15(12-19-17)20(4-2)13-14-8-6-5-7-9-14/h5-12,16H,3-4,13,18H2,1-2H3/t16-/m1/s1. The second-order valence-electron chi connectivity index (χ2n) is 4.96. The minimum atomic E-state index is 0.0354. The largest absolute Gasteiger partial charge is 0.366 e. The van der Waals surface area contributed by atoms with Crippen molar-refractivity contribution < 1.29 is 0 Å². The van der Waals surface area contributed by atoms with Crippen LogP contribution in [0.5, 0.6) is 0 Å². The summed E-state index contributed by atoms with van der Waals surface area (Å²) >= 11 is 0. The molecule has 1 aromatic heterocycles. The molecule has 3 nitrogen and oxygen atoms in total. The van der Waals surface area contributed by atoms with Gasteiger partial charge in [-0.1, -0.05) is 37.3 Å². The van der Waals surface area contributed by atoms with Crippen LogP contribution in [0.3, 0.4) is 0 Å². The number of aromatic nitrogens is 1. The van der Waals surface area contributed by atoms with Crippen LogP contribution in [0.4, 0.5) is 5.69 Å². The molecule has 0 spiro atoms. The van der Waals surface area contributed by atoms with Crippen LogP contribution in [0.15, 0.2) is 48.7 Å². The Labute approximate surface area is 121 Å². The van der Waals surface area contributed by atoms with Crippen molar-refractivity contribution in [1.82, 2.24) is 4.98 Å². The van der Waals surface area contributed by atoms with Gasteiger partial charge in [0.15, 0.2) is 0 Å². The molecule has 2 rings (SSSR count). The number of rotatable bonds is 6. The highest BCUT2D eigenvalue weighted by atomic mass is 15.1. The highest BCUT2D eigenvalue weighted by Gasteiger charge is 2.08. The van der Waals surface area contributed by atoms with E-state index >= 15 is 0 Å². The Morgan fingerprint density at radius 2 is 1.85 bits per heavy atom. The summed E-state index contributed by atoms with van der Waals surface area (Å²) in [6.45, 7) is 6.09. The predicted octanol–water partition coefficient (Wildman–Crippen LogP) is 3.52. The van der Waals surface area contributed by atoms with Crippen molar-refractivity contribution in [3.8, 4) is 0 Å². The molecule has 1 heterocycles. The molecule has 0 amide bonds. The number of nitrogens with two attached hydrogens (primary N) is 1. The van der Waals surface area contributed by atoms with Crippen LogP contribution in [-0.4, -0.2) is 11.5 Å². The Hall–Kier alpha value is -1.87. The first-order valence-corrected chi connectivity index (χ1v) is 7.25. The molecule has 0 radical (unpaired) electrons. The number of nitrogens with zero attached hydrogens (tertiary/aromatic N) is 2. The lowest BCUT2D eigenvalue weighted by Crippen LogP contribution is -2.22. The number of pyridine rings is 1. The van der Waals surface area contributed by atoms with Gasteiger partial charge in [-0.05, 0) is 31.0 Å². The third kappa shape index (κ3) is 3.58. The molecule has 2 aromatic rings. The number of hydrogen-bond donors (Lipinski definition) is 1. The maximum absolute atomic E-state index is 6.00. The van der Waals surface area contributed by atoms with E-state index in [9.17, 15) is 0 Å². The Morgan fingerprint density at radius 1 is 1.10 bits per heavy atom. The van der Waals surface area contributed by atoms with Crippen LogP contribution in [0, 0.1) is 0 Å². The fourth-order valence-corrected chi connectivity index (χ4v) is 2.20. The normalized spacial score (nSPS) is 12.2. The van der Waals surface area contributed by atoms with Crippen LogP contribution >= 0.6 is 0 Å².